The number of benzene rings is 1. The summed E-state index contributed by atoms with van der Waals surface area (Å²) in [6, 6.07) is 9.68. The lowest BCUT2D eigenvalue weighted by atomic mass is 10.1. The van der Waals surface area contributed by atoms with E-state index in [1.165, 1.54) is 6.20 Å². The summed E-state index contributed by atoms with van der Waals surface area (Å²) in [6.07, 6.45) is 1.37. The predicted molar refractivity (Wildman–Crippen MR) is 73.0 cm³/mol. The Kier molecular flexibility index (Phi) is 3.48. The van der Waals surface area contributed by atoms with Crippen LogP contribution in [0.3, 0.4) is 0 Å². The Bertz CT molecular complexity index is 817. The zero-order valence-electron chi connectivity index (χ0n) is 11.0. The molecule has 22 heavy (non-hydrogen) atoms. The third-order valence-corrected chi connectivity index (χ3v) is 2.86. The largest absolute Gasteiger partial charge is 0.476 e. The minimum atomic E-state index is -1.25. The second-order valence-electron chi connectivity index (χ2n) is 4.26. The molecular weight excluding hydrogens is 291 g/mol. The number of hydrogen-bond donors (Lipinski definition) is 2. The standard InChI is InChI=1S/C14H9FN4O3/c15-12-10(2-1-7-16-12)8-3-5-9(6-4-8)22-13-11(14(20)21)17-19-18-13/h1-7H,(H,20,21)(H,17,18,19). The Labute approximate surface area is 123 Å². The number of carboxylic acids is 1. The summed E-state index contributed by atoms with van der Waals surface area (Å²) in [5, 5.41) is 18.0. The van der Waals surface area contributed by atoms with Crippen molar-refractivity contribution in [3.63, 3.8) is 0 Å². The summed E-state index contributed by atoms with van der Waals surface area (Å²) in [6.45, 7) is 0. The average Bonchev–Trinajstić information content (AvgIpc) is 2.97. The molecule has 3 rings (SSSR count). The maximum Gasteiger partial charge on any atom is 0.362 e. The van der Waals surface area contributed by atoms with Gasteiger partial charge < -0.3 is 9.84 Å². The van der Waals surface area contributed by atoms with Gasteiger partial charge in [0.2, 0.25) is 11.6 Å². The number of pyridine rings is 1. The fraction of sp³-hybridized carbons (Fsp3) is 0. The first kappa shape index (κ1) is 13.7. The predicted octanol–water partition coefficient (Wildman–Crippen LogP) is 2.50. The van der Waals surface area contributed by atoms with Crippen molar-refractivity contribution in [2.24, 2.45) is 0 Å². The Morgan fingerprint density at radius 3 is 2.68 bits per heavy atom. The van der Waals surface area contributed by atoms with Crippen LogP contribution in [0, 0.1) is 5.95 Å². The quantitative estimate of drug-likeness (QED) is 0.718. The number of nitrogens with zero attached hydrogens (tertiary/aromatic N) is 3. The van der Waals surface area contributed by atoms with Crippen LogP contribution in [0.2, 0.25) is 0 Å². The van der Waals surface area contributed by atoms with Crippen LogP contribution in [0.4, 0.5) is 4.39 Å². The minimum Gasteiger partial charge on any atom is -0.476 e. The zero-order chi connectivity index (χ0) is 15.5. The van der Waals surface area contributed by atoms with Crippen LogP contribution >= 0.6 is 0 Å². The average molecular weight is 300 g/mol. The molecule has 2 N–H and O–H groups in total. The lowest BCUT2D eigenvalue weighted by Gasteiger charge is -2.05. The van der Waals surface area contributed by atoms with E-state index in [4.69, 9.17) is 9.84 Å². The number of carbonyl (C=O) groups is 1. The molecule has 0 amide bonds. The number of aromatic nitrogens is 4. The van der Waals surface area contributed by atoms with Crippen LogP contribution in [0.1, 0.15) is 10.5 Å². The van der Waals surface area contributed by atoms with Crippen LogP contribution in [-0.2, 0) is 0 Å². The van der Waals surface area contributed by atoms with E-state index >= 15 is 0 Å². The van der Waals surface area contributed by atoms with Gasteiger partial charge in [0.05, 0.1) is 0 Å². The summed E-state index contributed by atoms with van der Waals surface area (Å²) < 4.78 is 19.0. The highest BCUT2D eigenvalue weighted by molar-refractivity contribution is 5.87. The van der Waals surface area contributed by atoms with Gasteiger partial charge in [0.15, 0.2) is 0 Å². The molecular formula is C14H9FN4O3. The van der Waals surface area contributed by atoms with Gasteiger partial charge in [0.1, 0.15) is 5.75 Å². The highest BCUT2D eigenvalue weighted by Gasteiger charge is 2.16. The Balaban J connectivity index is 1.84. The maximum absolute atomic E-state index is 13.6. The topological polar surface area (TPSA) is 101 Å². The number of ether oxygens (including phenoxy) is 1. The molecule has 0 aliphatic heterocycles. The van der Waals surface area contributed by atoms with Gasteiger partial charge in [-0.2, -0.15) is 4.39 Å². The number of aromatic amines is 1. The number of aromatic carboxylic acids is 1. The molecule has 2 aromatic heterocycles. The monoisotopic (exact) mass is 300 g/mol. The van der Waals surface area contributed by atoms with Crippen molar-refractivity contribution in [2.75, 3.05) is 0 Å². The van der Waals surface area contributed by atoms with E-state index in [0.717, 1.165) is 0 Å². The summed E-state index contributed by atoms with van der Waals surface area (Å²) in [5.74, 6) is -1.53. The van der Waals surface area contributed by atoms with Gasteiger partial charge in [0.25, 0.3) is 5.88 Å². The van der Waals surface area contributed by atoms with Crippen molar-refractivity contribution in [2.45, 2.75) is 0 Å². The molecule has 0 spiro atoms. The van der Waals surface area contributed by atoms with Crippen LogP contribution in [0.15, 0.2) is 42.6 Å². The van der Waals surface area contributed by atoms with E-state index in [2.05, 4.69) is 20.4 Å². The molecule has 0 atom stereocenters. The molecule has 0 saturated heterocycles. The van der Waals surface area contributed by atoms with Gasteiger partial charge in [-0.1, -0.05) is 17.3 Å². The van der Waals surface area contributed by atoms with Crippen LogP contribution in [0.25, 0.3) is 11.1 Å². The first-order valence-corrected chi connectivity index (χ1v) is 6.18. The van der Waals surface area contributed by atoms with E-state index < -0.39 is 11.9 Å². The molecule has 0 aliphatic carbocycles. The molecule has 0 fully saturated rings. The van der Waals surface area contributed by atoms with Crippen molar-refractivity contribution in [3.8, 4) is 22.8 Å². The molecule has 0 saturated carbocycles. The van der Waals surface area contributed by atoms with Crippen LogP contribution in [-0.4, -0.2) is 31.5 Å². The smallest absolute Gasteiger partial charge is 0.362 e. The normalized spacial score (nSPS) is 10.4. The number of carboxylic acid groups (broad SMARTS) is 1. The third kappa shape index (κ3) is 2.62. The number of nitrogens with one attached hydrogen (secondary N) is 1. The fourth-order valence-electron chi connectivity index (χ4n) is 1.85. The van der Waals surface area contributed by atoms with E-state index in [1.807, 2.05) is 0 Å². The van der Waals surface area contributed by atoms with Gasteiger partial charge in [0, 0.05) is 11.8 Å². The molecule has 2 heterocycles. The van der Waals surface area contributed by atoms with Crippen molar-refractivity contribution in [1.29, 1.82) is 0 Å². The molecule has 0 unspecified atom stereocenters. The molecule has 110 valence electrons. The second kappa shape index (κ2) is 5.60. The van der Waals surface area contributed by atoms with Crippen molar-refractivity contribution >= 4 is 5.97 Å². The van der Waals surface area contributed by atoms with Gasteiger partial charge in [-0.05, 0) is 29.8 Å². The highest BCUT2D eigenvalue weighted by atomic mass is 19.1. The summed E-state index contributed by atoms with van der Waals surface area (Å²) in [4.78, 5) is 14.5. The second-order valence-corrected chi connectivity index (χ2v) is 4.26. The first-order valence-electron chi connectivity index (χ1n) is 6.18. The third-order valence-electron chi connectivity index (χ3n) is 2.86. The van der Waals surface area contributed by atoms with Crippen molar-refractivity contribution < 1.29 is 19.0 Å². The van der Waals surface area contributed by atoms with Crippen molar-refractivity contribution in [1.82, 2.24) is 20.4 Å². The lowest BCUT2D eigenvalue weighted by molar-refractivity contribution is 0.0687. The number of hydrogen-bond acceptors (Lipinski definition) is 5. The molecule has 1 aromatic carbocycles. The van der Waals surface area contributed by atoms with Crippen LogP contribution < -0.4 is 4.74 Å². The molecule has 8 heteroatoms. The number of halogens is 1. The van der Waals surface area contributed by atoms with E-state index in [-0.39, 0.29) is 11.6 Å². The van der Waals surface area contributed by atoms with Gasteiger partial charge in [-0.3, -0.25) is 0 Å². The van der Waals surface area contributed by atoms with E-state index in [9.17, 15) is 9.18 Å². The van der Waals surface area contributed by atoms with E-state index in [1.54, 1.807) is 36.4 Å². The van der Waals surface area contributed by atoms with Gasteiger partial charge in [-0.15, -0.1) is 5.10 Å². The first-order chi connectivity index (χ1) is 10.6. The molecule has 0 bridgehead atoms. The zero-order valence-corrected chi connectivity index (χ0v) is 11.0. The number of rotatable bonds is 4. The Morgan fingerprint density at radius 2 is 2.00 bits per heavy atom. The molecule has 0 radical (unpaired) electrons. The van der Waals surface area contributed by atoms with Gasteiger partial charge in [-0.25, -0.2) is 14.9 Å². The SMILES string of the molecule is O=C(O)c1nn[nH]c1Oc1ccc(-c2cccnc2F)cc1. The summed E-state index contributed by atoms with van der Waals surface area (Å²) in [5.41, 5.74) is 0.671. The van der Waals surface area contributed by atoms with Crippen molar-refractivity contribution in [3.05, 3.63) is 54.2 Å². The number of H-pyrrole nitrogens is 1. The summed E-state index contributed by atoms with van der Waals surface area (Å²) >= 11 is 0. The summed E-state index contributed by atoms with van der Waals surface area (Å²) in [7, 11) is 0. The maximum atomic E-state index is 13.6. The molecule has 0 aliphatic rings. The minimum absolute atomic E-state index is 0.0761. The van der Waals surface area contributed by atoms with Crippen LogP contribution in [0.5, 0.6) is 11.6 Å². The molecule has 3 aromatic rings. The fourth-order valence-corrected chi connectivity index (χ4v) is 1.85. The molecule has 7 nitrogen and oxygen atoms in total. The van der Waals surface area contributed by atoms with Gasteiger partial charge >= 0.3 is 5.97 Å². The van der Waals surface area contributed by atoms with E-state index in [0.29, 0.717) is 16.9 Å². The lowest BCUT2D eigenvalue weighted by Crippen LogP contribution is -1.99. The highest BCUT2D eigenvalue weighted by Crippen LogP contribution is 2.26. The Hall–Kier alpha value is -3.29. The Morgan fingerprint density at radius 1 is 1.23 bits per heavy atom.